The summed E-state index contributed by atoms with van der Waals surface area (Å²) in [5.74, 6) is -0.183. The fourth-order valence-electron chi connectivity index (χ4n) is 2.98. The third-order valence-electron chi connectivity index (χ3n) is 4.70. The van der Waals surface area contributed by atoms with Gasteiger partial charge < -0.3 is 19.7 Å². The highest BCUT2D eigenvalue weighted by Crippen LogP contribution is 2.26. The van der Waals surface area contributed by atoms with Gasteiger partial charge in [0.25, 0.3) is 5.91 Å². The first-order valence-corrected chi connectivity index (χ1v) is 9.99. The quantitative estimate of drug-likeness (QED) is 0.494. The van der Waals surface area contributed by atoms with E-state index in [0.29, 0.717) is 17.0 Å². The Kier molecular flexibility index (Phi) is 7.59. The fraction of sp³-hybridized carbons (Fsp3) is 0.381. The number of hydrogen-bond donors (Lipinski definition) is 2. The summed E-state index contributed by atoms with van der Waals surface area (Å²) in [4.78, 5) is 16.5. The molecule has 0 unspecified atom stereocenters. The average Bonchev–Trinajstić information content (AvgIpc) is 3.12. The zero-order valence-corrected chi connectivity index (χ0v) is 17.9. The largest absolute Gasteiger partial charge is 0.472 e. The second-order valence-electron chi connectivity index (χ2n) is 7.30. The monoisotopic (exact) mass is 465 g/mol. The second-order valence-corrected chi connectivity index (χ2v) is 7.30. The van der Waals surface area contributed by atoms with Gasteiger partial charge in [-0.3, -0.25) is 9.78 Å². The summed E-state index contributed by atoms with van der Waals surface area (Å²) in [5.41, 5.74) is 2.69. The van der Waals surface area contributed by atoms with Crippen LogP contribution < -0.4 is 10.1 Å². The van der Waals surface area contributed by atoms with Gasteiger partial charge in [-0.2, -0.15) is 13.2 Å². The van der Waals surface area contributed by atoms with Crippen LogP contribution in [0.2, 0.25) is 0 Å². The number of nitrogens with one attached hydrogen (secondary N) is 1. The number of alkyl halides is 3. The SMILES string of the molecule is Cc1ccc(-c2noc(C)c2COc2ccc(C(=O)N[C@@H](CCO)CC(F)(F)F)nn2)cn1. The lowest BCUT2D eigenvalue weighted by atomic mass is 10.1. The van der Waals surface area contributed by atoms with Crippen molar-refractivity contribution in [2.75, 3.05) is 6.61 Å². The van der Waals surface area contributed by atoms with Gasteiger partial charge >= 0.3 is 6.18 Å². The first-order chi connectivity index (χ1) is 15.7. The topological polar surface area (TPSA) is 123 Å². The maximum Gasteiger partial charge on any atom is 0.391 e. The van der Waals surface area contributed by atoms with Crippen LogP contribution in [-0.4, -0.2) is 50.2 Å². The molecule has 176 valence electrons. The van der Waals surface area contributed by atoms with Crippen LogP contribution in [-0.2, 0) is 6.61 Å². The first kappa shape index (κ1) is 24.1. The molecule has 12 heteroatoms. The Bertz CT molecular complexity index is 1070. The van der Waals surface area contributed by atoms with Crippen LogP contribution in [0.3, 0.4) is 0 Å². The molecule has 0 aromatic carbocycles. The van der Waals surface area contributed by atoms with Crippen molar-refractivity contribution < 1.29 is 32.3 Å². The zero-order chi connectivity index (χ0) is 24.0. The Labute approximate surface area is 187 Å². The van der Waals surface area contributed by atoms with Crippen LogP contribution >= 0.6 is 0 Å². The van der Waals surface area contributed by atoms with Crippen molar-refractivity contribution in [2.45, 2.75) is 45.5 Å². The molecule has 3 rings (SSSR count). The van der Waals surface area contributed by atoms with Gasteiger partial charge in [0.05, 0.1) is 12.0 Å². The molecular weight excluding hydrogens is 443 g/mol. The molecule has 3 aromatic heterocycles. The molecule has 0 spiro atoms. The molecule has 33 heavy (non-hydrogen) atoms. The summed E-state index contributed by atoms with van der Waals surface area (Å²) in [7, 11) is 0. The van der Waals surface area contributed by atoms with E-state index in [1.165, 1.54) is 12.1 Å². The van der Waals surface area contributed by atoms with E-state index >= 15 is 0 Å². The maximum absolute atomic E-state index is 12.6. The molecule has 0 aliphatic carbocycles. The van der Waals surface area contributed by atoms with Crippen LogP contribution in [0.4, 0.5) is 13.2 Å². The van der Waals surface area contributed by atoms with Crippen molar-refractivity contribution in [1.29, 1.82) is 0 Å². The van der Waals surface area contributed by atoms with Gasteiger partial charge in [-0.05, 0) is 38.5 Å². The maximum atomic E-state index is 12.6. The third kappa shape index (κ3) is 6.72. The Balaban J connectivity index is 1.64. The van der Waals surface area contributed by atoms with E-state index in [1.807, 2.05) is 19.1 Å². The summed E-state index contributed by atoms with van der Waals surface area (Å²) in [6, 6.07) is 5.10. The minimum atomic E-state index is -4.48. The van der Waals surface area contributed by atoms with Crippen LogP contribution in [0.15, 0.2) is 35.0 Å². The van der Waals surface area contributed by atoms with E-state index < -0.39 is 31.2 Å². The van der Waals surface area contributed by atoms with E-state index in [9.17, 15) is 18.0 Å². The van der Waals surface area contributed by atoms with E-state index in [2.05, 4.69) is 25.7 Å². The molecule has 0 saturated heterocycles. The van der Waals surface area contributed by atoms with Gasteiger partial charge in [0.1, 0.15) is 18.1 Å². The molecule has 2 N–H and O–H groups in total. The van der Waals surface area contributed by atoms with Crippen LogP contribution in [0, 0.1) is 13.8 Å². The van der Waals surface area contributed by atoms with Crippen LogP contribution in [0.1, 0.15) is 40.3 Å². The number of aliphatic hydroxyl groups excluding tert-OH is 1. The number of aromatic nitrogens is 4. The van der Waals surface area contributed by atoms with E-state index in [4.69, 9.17) is 14.4 Å². The minimum absolute atomic E-state index is 0.0585. The number of pyridine rings is 1. The number of aryl methyl sites for hydroxylation is 2. The lowest BCUT2D eigenvalue weighted by molar-refractivity contribution is -0.140. The van der Waals surface area contributed by atoms with E-state index in [0.717, 1.165) is 11.3 Å². The van der Waals surface area contributed by atoms with Crippen molar-refractivity contribution in [2.24, 2.45) is 0 Å². The minimum Gasteiger partial charge on any atom is -0.472 e. The Morgan fingerprint density at radius 3 is 2.61 bits per heavy atom. The molecule has 0 radical (unpaired) electrons. The Hall–Kier alpha value is -3.54. The van der Waals surface area contributed by atoms with Gasteiger partial charge in [-0.15, -0.1) is 10.2 Å². The molecule has 0 saturated carbocycles. The molecule has 1 amide bonds. The van der Waals surface area contributed by atoms with Crippen molar-refractivity contribution in [3.05, 3.63) is 53.2 Å². The molecule has 0 fully saturated rings. The van der Waals surface area contributed by atoms with Crippen LogP contribution in [0.5, 0.6) is 5.88 Å². The predicted molar refractivity (Wildman–Crippen MR) is 109 cm³/mol. The van der Waals surface area contributed by atoms with E-state index in [1.54, 1.807) is 13.1 Å². The molecular formula is C21H22F3N5O4. The third-order valence-corrected chi connectivity index (χ3v) is 4.70. The zero-order valence-electron chi connectivity index (χ0n) is 17.9. The van der Waals surface area contributed by atoms with Gasteiger partial charge in [0.2, 0.25) is 5.88 Å². The van der Waals surface area contributed by atoms with Crippen LogP contribution in [0.25, 0.3) is 11.3 Å². The number of halogens is 3. The summed E-state index contributed by atoms with van der Waals surface area (Å²) < 4.78 is 48.8. The highest BCUT2D eigenvalue weighted by molar-refractivity contribution is 5.92. The highest BCUT2D eigenvalue weighted by atomic mass is 19.4. The fourth-order valence-corrected chi connectivity index (χ4v) is 2.98. The summed E-state index contributed by atoms with van der Waals surface area (Å²) in [5, 5.41) is 22.7. The standard InChI is InChI=1S/C21H22F3N5O4/c1-12-3-4-14(10-25-12)19-16(13(2)33-29-19)11-32-18-6-5-17(27-28-18)20(31)26-15(7-8-30)9-21(22,23)24/h3-6,10,15,30H,7-9,11H2,1-2H3,(H,26,31)/t15-/m0/s1. The van der Waals surface area contributed by atoms with Crippen molar-refractivity contribution >= 4 is 5.91 Å². The van der Waals surface area contributed by atoms with Gasteiger partial charge in [0, 0.05) is 36.2 Å². The highest BCUT2D eigenvalue weighted by Gasteiger charge is 2.32. The number of rotatable bonds is 9. The Morgan fingerprint density at radius 2 is 2.00 bits per heavy atom. The van der Waals surface area contributed by atoms with Gasteiger partial charge in [-0.1, -0.05) is 5.16 Å². The summed E-state index contributed by atoms with van der Waals surface area (Å²) in [6.45, 7) is 3.17. The smallest absolute Gasteiger partial charge is 0.391 e. The number of amides is 1. The number of hydrogen-bond acceptors (Lipinski definition) is 8. The van der Waals surface area contributed by atoms with Crippen molar-refractivity contribution in [3.63, 3.8) is 0 Å². The average molecular weight is 465 g/mol. The molecule has 1 atom stereocenters. The summed E-state index contributed by atoms with van der Waals surface area (Å²) in [6.07, 6.45) is -4.31. The molecule has 0 aliphatic rings. The molecule has 9 nitrogen and oxygen atoms in total. The molecule has 3 aromatic rings. The lowest BCUT2D eigenvalue weighted by Crippen LogP contribution is -2.39. The second kappa shape index (κ2) is 10.4. The number of ether oxygens (including phenoxy) is 1. The van der Waals surface area contributed by atoms with Gasteiger partial charge in [-0.25, -0.2) is 0 Å². The molecule has 0 aliphatic heterocycles. The van der Waals surface area contributed by atoms with Gasteiger partial charge in [0.15, 0.2) is 5.69 Å². The molecule has 3 heterocycles. The number of carbonyl (C=O) groups excluding carboxylic acids is 1. The van der Waals surface area contributed by atoms with Crippen molar-refractivity contribution in [3.8, 4) is 17.1 Å². The molecule has 0 bridgehead atoms. The number of nitrogens with zero attached hydrogens (tertiary/aromatic N) is 4. The first-order valence-electron chi connectivity index (χ1n) is 9.99. The van der Waals surface area contributed by atoms with Crippen molar-refractivity contribution in [1.82, 2.24) is 25.7 Å². The summed E-state index contributed by atoms with van der Waals surface area (Å²) >= 11 is 0. The number of aliphatic hydroxyl groups is 1. The predicted octanol–water partition coefficient (Wildman–Crippen LogP) is 3.16. The Morgan fingerprint density at radius 1 is 1.21 bits per heavy atom. The van der Waals surface area contributed by atoms with E-state index in [-0.39, 0.29) is 24.6 Å². The lowest BCUT2D eigenvalue weighted by Gasteiger charge is -2.19. The normalized spacial score (nSPS) is 12.4. The number of carbonyl (C=O) groups is 1.